The van der Waals surface area contributed by atoms with Gasteiger partial charge < -0.3 is 25.1 Å². The number of unbranched alkanes of at least 4 members (excludes halogenated alkanes) is 2. The quantitative estimate of drug-likeness (QED) is 0.352. The molecule has 0 saturated heterocycles. The number of hydrogen-bond acceptors (Lipinski definition) is 5. The van der Waals surface area contributed by atoms with Crippen LogP contribution in [0.25, 0.3) is 0 Å². The largest absolute Gasteiger partial charge is 0.481 e. The molecule has 0 aromatic heterocycles. The molecule has 6 heteroatoms. The molecule has 0 bridgehead atoms. The predicted molar refractivity (Wildman–Crippen MR) is 143 cm³/mol. The SMILES string of the molecule is CCCCN(CCCC)c1ccc(C2C(O)C(c3ccc(N(C)CCCC(=O)O)cc3)C2O)cc1. The summed E-state index contributed by atoms with van der Waals surface area (Å²) in [6.07, 6.45) is 4.16. The van der Waals surface area contributed by atoms with Crippen molar-refractivity contribution in [1.29, 1.82) is 0 Å². The number of anilines is 2. The van der Waals surface area contributed by atoms with Gasteiger partial charge in [0, 0.05) is 56.3 Å². The number of rotatable bonds is 14. The number of hydrogen-bond donors (Lipinski definition) is 3. The molecule has 2 unspecified atom stereocenters. The van der Waals surface area contributed by atoms with Crippen molar-refractivity contribution in [2.75, 3.05) is 36.5 Å². The fourth-order valence-corrected chi connectivity index (χ4v) is 5.02. The van der Waals surface area contributed by atoms with E-state index in [4.69, 9.17) is 5.11 Å². The number of carbonyl (C=O) groups is 1. The summed E-state index contributed by atoms with van der Waals surface area (Å²) < 4.78 is 0. The van der Waals surface area contributed by atoms with E-state index < -0.39 is 18.2 Å². The monoisotopic (exact) mass is 482 g/mol. The summed E-state index contributed by atoms with van der Waals surface area (Å²) in [6.45, 7) is 7.19. The van der Waals surface area contributed by atoms with Gasteiger partial charge in [-0.25, -0.2) is 0 Å². The molecule has 0 radical (unpaired) electrons. The third-order valence-corrected chi connectivity index (χ3v) is 7.28. The molecule has 0 aliphatic heterocycles. The predicted octanol–water partition coefficient (Wildman–Crippen LogP) is 5.00. The Morgan fingerprint density at radius 1 is 0.743 bits per heavy atom. The van der Waals surface area contributed by atoms with Crippen LogP contribution in [0.3, 0.4) is 0 Å². The first-order valence-electron chi connectivity index (χ1n) is 13.1. The smallest absolute Gasteiger partial charge is 0.303 e. The molecule has 1 aliphatic rings. The summed E-state index contributed by atoms with van der Waals surface area (Å²) in [6, 6.07) is 16.2. The Kier molecular flexibility index (Phi) is 9.99. The third kappa shape index (κ3) is 6.77. The van der Waals surface area contributed by atoms with Crippen molar-refractivity contribution in [2.45, 2.75) is 76.4 Å². The van der Waals surface area contributed by atoms with Gasteiger partial charge in [-0.1, -0.05) is 51.0 Å². The average molecular weight is 483 g/mol. The number of carboxylic acid groups (broad SMARTS) is 1. The van der Waals surface area contributed by atoms with E-state index >= 15 is 0 Å². The molecule has 2 aromatic rings. The van der Waals surface area contributed by atoms with Crippen molar-refractivity contribution in [1.82, 2.24) is 0 Å². The molecular weight excluding hydrogens is 440 g/mol. The van der Waals surface area contributed by atoms with Crippen LogP contribution in [0.2, 0.25) is 0 Å². The number of aliphatic hydroxyl groups is 2. The van der Waals surface area contributed by atoms with Crippen LogP contribution in [-0.2, 0) is 4.79 Å². The van der Waals surface area contributed by atoms with Crippen molar-refractivity contribution in [2.24, 2.45) is 0 Å². The highest BCUT2D eigenvalue weighted by Gasteiger charge is 2.50. The van der Waals surface area contributed by atoms with Crippen molar-refractivity contribution >= 4 is 17.3 Å². The highest BCUT2D eigenvalue weighted by atomic mass is 16.4. The van der Waals surface area contributed by atoms with Crippen LogP contribution < -0.4 is 9.80 Å². The van der Waals surface area contributed by atoms with Crippen molar-refractivity contribution in [3.8, 4) is 0 Å². The maximum absolute atomic E-state index is 11.0. The summed E-state index contributed by atoms with van der Waals surface area (Å²) in [4.78, 5) is 15.2. The molecule has 3 rings (SSSR count). The summed E-state index contributed by atoms with van der Waals surface area (Å²) in [7, 11) is 1.94. The Bertz CT molecular complexity index is 897. The normalized spacial score (nSPS) is 21.4. The molecule has 192 valence electrons. The fraction of sp³-hybridized carbons (Fsp3) is 0.552. The maximum Gasteiger partial charge on any atom is 0.303 e. The van der Waals surface area contributed by atoms with Crippen LogP contribution in [0.5, 0.6) is 0 Å². The van der Waals surface area contributed by atoms with Crippen molar-refractivity contribution < 1.29 is 20.1 Å². The lowest BCUT2D eigenvalue weighted by molar-refractivity contribution is -0.137. The van der Waals surface area contributed by atoms with Gasteiger partial charge in [-0.05, 0) is 54.7 Å². The molecule has 1 fully saturated rings. The van der Waals surface area contributed by atoms with Gasteiger partial charge >= 0.3 is 5.97 Å². The van der Waals surface area contributed by atoms with E-state index in [0.717, 1.165) is 29.9 Å². The Balaban J connectivity index is 1.62. The molecule has 3 N–H and O–H groups in total. The molecule has 0 heterocycles. The van der Waals surface area contributed by atoms with E-state index in [9.17, 15) is 15.0 Å². The van der Waals surface area contributed by atoms with Gasteiger partial charge in [-0.3, -0.25) is 4.79 Å². The highest BCUT2D eigenvalue weighted by molar-refractivity contribution is 5.66. The molecule has 2 atom stereocenters. The molecule has 0 amide bonds. The second-order valence-corrected chi connectivity index (χ2v) is 9.83. The first kappa shape index (κ1) is 27.0. The molecule has 0 spiro atoms. The number of aliphatic hydroxyl groups excluding tert-OH is 2. The standard InChI is InChI=1S/C29H42N2O4/c1-4-6-19-31(20-7-5-2)24-16-12-22(13-17-24)27-28(34)26(29(27)35)21-10-14-23(15-11-21)30(3)18-8-9-25(32)33/h10-17,26-29,34-35H,4-9,18-20H2,1-3H3,(H,32,33). The van der Waals surface area contributed by atoms with E-state index in [1.165, 1.54) is 31.4 Å². The zero-order valence-corrected chi connectivity index (χ0v) is 21.4. The van der Waals surface area contributed by atoms with Crippen LogP contribution in [-0.4, -0.2) is 60.2 Å². The number of carboxylic acids is 1. The van der Waals surface area contributed by atoms with Crippen LogP contribution in [0.4, 0.5) is 11.4 Å². The Morgan fingerprint density at radius 3 is 1.63 bits per heavy atom. The lowest BCUT2D eigenvalue weighted by Gasteiger charge is -2.47. The lowest BCUT2D eigenvalue weighted by Crippen LogP contribution is -2.51. The van der Waals surface area contributed by atoms with Crippen molar-refractivity contribution in [3.63, 3.8) is 0 Å². The average Bonchev–Trinajstić information content (AvgIpc) is 2.85. The van der Waals surface area contributed by atoms with Gasteiger partial charge in [-0.2, -0.15) is 0 Å². The molecule has 35 heavy (non-hydrogen) atoms. The zero-order chi connectivity index (χ0) is 25.4. The Hall–Kier alpha value is -2.57. The van der Waals surface area contributed by atoms with E-state index in [2.05, 4.69) is 43.0 Å². The highest BCUT2D eigenvalue weighted by Crippen LogP contribution is 2.48. The Labute approximate surface area is 210 Å². The summed E-state index contributed by atoms with van der Waals surface area (Å²) in [5.41, 5.74) is 4.10. The zero-order valence-electron chi connectivity index (χ0n) is 21.4. The molecule has 6 nitrogen and oxygen atoms in total. The van der Waals surface area contributed by atoms with Crippen LogP contribution >= 0.6 is 0 Å². The van der Waals surface area contributed by atoms with Crippen LogP contribution in [0.1, 0.15) is 75.3 Å². The fourth-order valence-electron chi connectivity index (χ4n) is 5.02. The van der Waals surface area contributed by atoms with Gasteiger partial charge in [0.1, 0.15) is 0 Å². The summed E-state index contributed by atoms with van der Waals surface area (Å²) in [5.74, 6) is -1.37. The van der Waals surface area contributed by atoms with Gasteiger partial charge in [0.2, 0.25) is 0 Å². The van der Waals surface area contributed by atoms with Crippen molar-refractivity contribution in [3.05, 3.63) is 59.7 Å². The molecule has 1 aliphatic carbocycles. The van der Waals surface area contributed by atoms with E-state index in [1.54, 1.807) is 0 Å². The minimum absolute atomic E-state index is 0.154. The third-order valence-electron chi connectivity index (χ3n) is 7.28. The Morgan fingerprint density at radius 2 is 1.20 bits per heavy atom. The van der Waals surface area contributed by atoms with Crippen LogP contribution in [0.15, 0.2) is 48.5 Å². The second-order valence-electron chi connectivity index (χ2n) is 9.83. The van der Waals surface area contributed by atoms with Crippen LogP contribution in [0, 0.1) is 0 Å². The minimum atomic E-state index is -0.781. The van der Waals surface area contributed by atoms with Gasteiger partial charge in [0.05, 0.1) is 12.2 Å². The first-order chi connectivity index (χ1) is 16.9. The number of nitrogens with zero attached hydrogens (tertiary/aromatic N) is 2. The van der Waals surface area contributed by atoms with E-state index in [-0.39, 0.29) is 18.3 Å². The second kappa shape index (κ2) is 12.9. The van der Waals surface area contributed by atoms with E-state index in [1.807, 2.05) is 36.2 Å². The first-order valence-corrected chi connectivity index (χ1v) is 13.1. The molecular formula is C29H42N2O4. The molecule has 1 saturated carbocycles. The maximum atomic E-state index is 11.0. The topological polar surface area (TPSA) is 84.2 Å². The number of aliphatic carboxylic acids is 1. The van der Waals surface area contributed by atoms with Gasteiger partial charge in [0.15, 0.2) is 0 Å². The summed E-state index contributed by atoms with van der Waals surface area (Å²) in [5, 5.41) is 30.7. The minimum Gasteiger partial charge on any atom is -0.481 e. The summed E-state index contributed by atoms with van der Waals surface area (Å²) >= 11 is 0. The van der Waals surface area contributed by atoms with Gasteiger partial charge in [-0.15, -0.1) is 0 Å². The van der Waals surface area contributed by atoms with E-state index in [0.29, 0.717) is 13.0 Å². The lowest BCUT2D eigenvalue weighted by atomic mass is 9.63. The number of benzene rings is 2. The van der Waals surface area contributed by atoms with Gasteiger partial charge in [0.25, 0.3) is 0 Å². The molecule has 2 aromatic carbocycles.